The van der Waals surface area contributed by atoms with Crippen LogP contribution in [0.15, 0.2) is 43.5 Å². The zero-order valence-corrected chi connectivity index (χ0v) is 8.47. The molecule has 1 heterocycles. The quantitative estimate of drug-likeness (QED) is 0.737. The lowest BCUT2D eigenvalue weighted by molar-refractivity contribution is 0.386. The number of nitrogens with zero attached hydrogens (tertiary/aromatic N) is 1. The summed E-state index contributed by atoms with van der Waals surface area (Å²) in [5, 5.41) is 0. The molecule has 0 fully saturated rings. The van der Waals surface area contributed by atoms with Crippen molar-refractivity contribution in [3.63, 3.8) is 0 Å². The molecule has 1 rings (SSSR count). The van der Waals surface area contributed by atoms with Gasteiger partial charge in [-0.15, -0.1) is 0 Å². The molecule has 14 heavy (non-hydrogen) atoms. The van der Waals surface area contributed by atoms with Gasteiger partial charge >= 0.3 is 7.60 Å². The summed E-state index contributed by atoms with van der Waals surface area (Å²) in [5.41, 5.74) is 1.11. The van der Waals surface area contributed by atoms with Gasteiger partial charge in [0.05, 0.1) is 0 Å². The monoisotopic (exact) mass is 213 g/mol. The number of aromatic nitrogens is 1. The maximum Gasteiger partial charge on any atom is 0.348 e. The molecule has 76 valence electrons. The summed E-state index contributed by atoms with van der Waals surface area (Å²) >= 11 is 0. The van der Waals surface area contributed by atoms with Crippen molar-refractivity contribution in [1.29, 1.82) is 0 Å². The SMILES string of the molecule is C=CP(=O)(O)O.C=Cc1ccncc1. The zero-order chi connectivity index (χ0) is 11.0. The predicted molar refractivity (Wildman–Crippen MR) is 56.6 cm³/mol. The zero-order valence-electron chi connectivity index (χ0n) is 7.58. The van der Waals surface area contributed by atoms with Crippen molar-refractivity contribution in [3.8, 4) is 0 Å². The van der Waals surface area contributed by atoms with E-state index in [0.29, 0.717) is 5.82 Å². The molecule has 0 amide bonds. The number of hydrogen-bond donors (Lipinski definition) is 2. The molecule has 2 N–H and O–H groups in total. The van der Waals surface area contributed by atoms with Crippen molar-refractivity contribution in [2.24, 2.45) is 0 Å². The fourth-order valence-corrected chi connectivity index (χ4v) is 0.500. The van der Waals surface area contributed by atoms with Gasteiger partial charge in [0.25, 0.3) is 0 Å². The molecule has 0 aliphatic heterocycles. The molecule has 0 spiro atoms. The van der Waals surface area contributed by atoms with Crippen LogP contribution in [-0.2, 0) is 4.57 Å². The Labute approximate surface area is 82.8 Å². The first-order chi connectivity index (χ1) is 6.49. The first kappa shape index (κ1) is 12.8. The minimum atomic E-state index is -3.88. The van der Waals surface area contributed by atoms with Crippen LogP contribution in [0.3, 0.4) is 0 Å². The Balaban J connectivity index is 0.000000255. The van der Waals surface area contributed by atoms with Crippen LogP contribution in [-0.4, -0.2) is 14.8 Å². The Bertz CT molecular complexity index is 331. The maximum atomic E-state index is 9.58. The Kier molecular flexibility index (Phi) is 5.72. The van der Waals surface area contributed by atoms with Crippen LogP contribution in [0.4, 0.5) is 0 Å². The molecule has 0 unspecified atom stereocenters. The van der Waals surface area contributed by atoms with Gasteiger partial charge in [-0.05, 0) is 17.7 Å². The van der Waals surface area contributed by atoms with Crippen LogP contribution in [0.1, 0.15) is 5.56 Å². The standard InChI is InChI=1S/C7H7N.C2H5O3P/c1-2-7-3-5-8-6-4-7;1-2-6(3,4)5/h2-6H,1H2;2H,1H2,(H2,3,4,5). The smallest absolute Gasteiger partial charge is 0.321 e. The van der Waals surface area contributed by atoms with Crippen molar-refractivity contribution >= 4 is 13.7 Å². The average molecular weight is 213 g/mol. The summed E-state index contributed by atoms with van der Waals surface area (Å²) in [4.78, 5) is 19.5. The minimum Gasteiger partial charge on any atom is -0.321 e. The Morgan fingerprint density at radius 3 is 1.93 bits per heavy atom. The van der Waals surface area contributed by atoms with E-state index in [1.165, 1.54) is 0 Å². The van der Waals surface area contributed by atoms with Gasteiger partial charge in [0.15, 0.2) is 0 Å². The lowest BCUT2D eigenvalue weighted by Gasteiger charge is -1.87. The molecule has 5 heteroatoms. The van der Waals surface area contributed by atoms with Gasteiger partial charge in [0.2, 0.25) is 0 Å². The molecule has 0 aromatic carbocycles. The van der Waals surface area contributed by atoms with Crippen LogP contribution in [0, 0.1) is 0 Å². The topological polar surface area (TPSA) is 70.4 Å². The highest BCUT2D eigenvalue weighted by molar-refractivity contribution is 7.55. The molecular formula is C9H12NO3P. The second-order valence-corrected chi connectivity index (χ2v) is 3.80. The van der Waals surface area contributed by atoms with Gasteiger partial charge in [-0.1, -0.05) is 19.2 Å². The van der Waals surface area contributed by atoms with Gasteiger partial charge in [-0.25, -0.2) is 0 Å². The van der Waals surface area contributed by atoms with E-state index in [4.69, 9.17) is 9.79 Å². The largest absolute Gasteiger partial charge is 0.348 e. The second kappa shape index (κ2) is 6.27. The summed E-state index contributed by atoms with van der Waals surface area (Å²) in [6.45, 7) is 6.47. The van der Waals surface area contributed by atoms with Crippen LogP contribution in [0.2, 0.25) is 0 Å². The molecule has 0 aliphatic carbocycles. The Morgan fingerprint density at radius 2 is 1.71 bits per heavy atom. The van der Waals surface area contributed by atoms with Gasteiger partial charge < -0.3 is 9.79 Å². The summed E-state index contributed by atoms with van der Waals surface area (Å²) in [5.74, 6) is 0.604. The predicted octanol–water partition coefficient (Wildman–Crippen LogP) is 2.03. The van der Waals surface area contributed by atoms with Crippen molar-refractivity contribution in [2.45, 2.75) is 0 Å². The number of hydrogen-bond acceptors (Lipinski definition) is 2. The van der Waals surface area contributed by atoms with E-state index in [-0.39, 0.29) is 0 Å². The molecule has 4 nitrogen and oxygen atoms in total. The van der Waals surface area contributed by atoms with Crippen LogP contribution < -0.4 is 0 Å². The second-order valence-electron chi connectivity index (χ2n) is 2.26. The number of pyridine rings is 1. The number of rotatable bonds is 2. The van der Waals surface area contributed by atoms with Gasteiger partial charge in [0, 0.05) is 18.2 Å². The van der Waals surface area contributed by atoms with Crippen molar-refractivity contribution < 1.29 is 14.4 Å². The normalized spacial score (nSPS) is 9.57. The first-order valence-electron chi connectivity index (χ1n) is 3.71. The van der Waals surface area contributed by atoms with Gasteiger partial charge in [-0.3, -0.25) is 9.55 Å². The fourth-order valence-electron chi connectivity index (χ4n) is 0.500. The summed E-state index contributed by atoms with van der Waals surface area (Å²) in [6, 6.07) is 3.82. The lowest BCUT2D eigenvalue weighted by Crippen LogP contribution is -1.69. The van der Waals surface area contributed by atoms with Crippen LogP contribution in [0.5, 0.6) is 0 Å². The summed E-state index contributed by atoms with van der Waals surface area (Å²) in [7, 11) is -3.88. The van der Waals surface area contributed by atoms with Crippen molar-refractivity contribution in [3.05, 3.63) is 49.1 Å². The van der Waals surface area contributed by atoms with Crippen LogP contribution >= 0.6 is 7.60 Å². The average Bonchev–Trinajstić information content (AvgIpc) is 2.19. The highest BCUT2D eigenvalue weighted by atomic mass is 31.2. The van der Waals surface area contributed by atoms with E-state index in [1.54, 1.807) is 18.5 Å². The van der Waals surface area contributed by atoms with Crippen molar-refractivity contribution in [2.75, 3.05) is 0 Å². The Hall–Kier alpha value is -1.22. The fraction of sp³-hybridized carbons (Fsp3) is 0. The highest BCUT2D eigenvalue weighted by Crippen LogP contribution is 2.34. The van der Waals surface area contributed by atoms with E-state index in [2.05, 4.69) is 18.1 Å². The molecule has 0 saturated heterocycles. The molecular weight excluding hydrogens is 201 g/mol. The molecule has 0 radical (unpaired) electrons. The third-order valence-electron chi connectivity index (χ3n) is 1.18. The van der Waals surface area contributed by atoms with E-state index >= 15 is 0 Å². The molecule has 1 aromatic rings. The van der Waals surface area contributed by atoms with E-state index in [1.807, 2.05) is 12.1 Å². The molecule has 0 aliphatic rings. The van der Waals surface area contributed by atoms with Gasteiger partial charge in [-0.2, -0.15) is 0 Å². The molecule has 0 atom stereocenters. The molecule has 0 bridgehead atoms. The third kappa shape index (κ3) is 7.43. The van der Waals surface area contributed by atoms with E-state index < -0.39 is 7.60 Å². The van der Waals surface area contributed by atoms with E-state index in [9.17, 15) is 4.57 Å². The summed E-state index contributed by atoms with van der Waals surface area (Å²) < 4.78 is 9.58. The van der Waals surface area contributed by atoms with Gasteiger partial charge in [0.1, 0.15) is 0 Å². The summed E-state index contributed by atoms with van der Waals surface area (Å²) in [6.07, 6.45) is 5.29. The first-order valence-corrected chi connectivity index (χ1v) is 5.39. The van der Waals surface area contributed by atoms with E-state index in [0.717, 1.165) is 5.56 Å². The van der Waals surface area contributed by atoms with Crippen LogP contribution in [0.25, 0.3) is 6.08 Å². The Morgan fingerprint density at radius 1 is 1.29 bits per heavy atom. The van der Waals surface area contributed by atoms with Crippen molar-refractivity contribution in [1.82, 2.24) is 4.98 Å². The minimum absolute atomic E-state index is 0.604. The highest BCUT2D eigenvalue weighted by Gasteiger charge is 2.00. The molecule has 1 aromatic heterocycles. The molecule has 0 saturated carbocycles. The third-order valence-corrected chi connectivity index (χ3v) is 1.66. The maximum absolute atomic E-state index is 9.58. The lowest BCUT2D eigenvalue weighted by atomic mass is 10.3.